The van der Waals surface area contributed by atoms with Gasteiger partial charge in [0.25, 0.3) is 0 Å². The van der Waals surface area contributed by atoms with Gasteiger partial charge in [-0.1, -0.05) is 0 Å². The van der Waals surface area contributed by atoms with Crippen LogP contribution in [0.5, 0.6) is 0 Å². The highest BCUT2D eigenvalue weighted by molar-refractivity contribution is 5.71. The zero-order valence-corrected chi connectivity index (χ0v) is 6.36. The predicted molar refractivity (Wildman–Crippen MR) is 42.6 cm³/mol. The summed E-state index contributed by atoms with van der Waals surface area (Å²) in [6.07, 6.45) is 5.39. The van der Waals surface area contributed by atoms with Gasteiger partial charge in [-0.15, -0.1) is 0 Å². The molecule has 0 bridgehead atoms. The number of aliphatic imine (C=N–C) groups is 1. The fraction of sp³-hybridized carbons (Fsp3) is 0.571. The van der Waals surface area contributed by atoms with Crippen LogP contribution in [0.25, 0.3) is 0 Å². The lowest BCUT2D eigenvalue weighted by atomic mass is 10.3. The zero-order chi connectivity index (χ0) is 7.56. The van der Waals surface area contributed by atoms with Crippen LogP contribution in [0.3, 0.4) is 0 Å². The molecule has 1 aliphatic heterocycles. The van der Waals surface area contributed by atoms with Gasteiger partial charge in [0.2, 0.25) is 0 Å². The lowest BCUT2D eigenvalue weighted by Gasteiger charge is -2.29. The minimum Gasteiger partial charge on any atom is -0.342 e. The van der Waals surface area contributed by atoms with Crippen LogP contribution in [-0.2, 0) is 0 Å². The average molecular weight is 139 g/mol. The molecule has 1 heterocycles. The van der Waals surface area contributed by atoms with Gasteiger partial charge in [0, 0.05) is 18.5 Å². The number of hydrogen-bond donors (Lipinski definition) is 1. The first-order valence-electron chi connectivity index (χ1n) is 3.45. The first-order valence-corrected chi connectivity index (χ1v) is 3.45. The third-order valence-electron chi connectivity index (χ3n) is 1.48. The van der Waals surface area contributed by atoms with E-state index in [1.54, 1.807) is 6.21 Å². The Balaban J connectivity index is 2.61. The van der Waals surface area contributed by atoms with E-state index in [-0.39, 0.29) is 6.29 Å². The van der Waals surface area contributed by atoms with Gasteiger partial charge in [0.1, 0.15) is 0 Å². The molecule has 0 aromatic carbocycles. The molecule has 0 aromatic heterocycles. The third-order valence-corrected chi connectivity index (χ3v) is 1.48. The van der Waals surface area contributed by atoms with Crippen molar-refractivity contribution >= 4 is 6.21 Å². The molecule has 0 saturated carbocycles. The lowest BCUT2D eigenvalue weighted by Crippen LogP contribution is -2.42. The standard InChI is InChI=1S/C7H13N3/c1-6(2)10-5-3-4-9-7(10)8/h3-7H,8H2,1-2H3. The summed E-state index contributed by atoms with van der Waals surface area (Å²) >= 11 is 0. The van der Waals surface area contributed by atoms with E-state index in [1.165, 1.54) is 0 Å². The summed E-state index contributed by atoms with van der Waals surface area (Å²) in [6, 6.07) is 0.420. The highest BCUT2D eigenvalue weighted by Gasteiger charge is 2.12. The Labute approximate surface area is 61.2 Å². The Morgan fingerprint density at radius 2 is 2.30 bits per heavy atom. The van der Waals surface area contributed by atoms with Crippen molar-refractivity contribution < 1.29 is 0 Å². The molecule has 0 spiro atoms. The zero-order valence-electron chi connectivity index (χ0n) is 6.36. The second-order valence-electron chi connectivity index (χ2n) is 2.59. The molecule has 1 unspecified atom stereocenters. The van der Waals surface area contributed by atoms with E-state index < -0.39 is 0 Å². The molecule has 1 atom stereocenters. The van der Waals surface area contributed by atoms with Crippen LogP contribution in [-0.4, -0.2) is 23.4 Å². The number of nitrogens with zero attached hydrogens (tertiary/aromatic N) is 2. The van der Waals surface area contributed by atoms with Crippen LogP contribution in [0.2, 0.25) is 0 Å². The molecule has 10 heavy (non-hydrogen) atoms. The topological polar surface area (TPSA) is 41.6 Å². The van der Waals surface area contributed by atoms with E-state index in [1.807, 2.05) is 17.2 Å². The molecular formula is C7H13N3. The van der Waals surface area contributed by atoms with Crippen molar-refractivity contribution in [3.05, 3.63) is 12.3 Å². The summed E-state index contributed by atoms with van der Waals surface area (Å²) in [4.78, 5) is 6.02. The summed E-state index contributed by atoms with van der Waals surface area (Å²) in [5.41, 5.74) is 5.66. The van der Waals surface area contributed by atoms with Crippen molar-refractivity contribution in [3.63, 3.8) is 0 Å². The van der Waals surface area contributed by atoms with Crippen molar-refractivity contribution in [3.8, 4) is 0 Å². The maximum Gasteiger partial charge on any atom is 0.173 e. The minimum absolute atomic E-state index is 0.190. The summed E-state index contributed by atoms with van der Waals surface area (Å²) in [5.74, 6) is 0. The van der Waals surface area contributed by atoms with Gasteiger partial charge in [-0.25, -0.2) is 0 Å². The first-order chi connectivity index (χ1) is 4.72. The second-order valence-corrected chi connectivity index (χ2v) is 2.59. The van der Waals surface area contributed by atoms with Crippen LogP contribution in [0, 0.1) is 0 Å². The predicted octanol–water partition coefficient (Wildman–Crippen LogP) is 0.537. The van der Waals surface area contributed by atoms with E-state index in [0.717, 1.165) is 0 Å². The summed E-state index contributed by atoms with van der Waals surface area (Å²) < 4.78 is 0. The monoisotopic (exact) mass is 139 g/mol. The molecule has 1 rings (SSSR count). The van der Waals surface area contributed by atoms with Gasteiger partial charge in [-0.2, -0.15) is 0 Å². The van der Waals surface area contributed by atoms with E-state index in [0.29, 0.717) is 6.04 Å². The average Bonchev–Trinajstić information content (AvgIpc) is 1.88. The van der Waals surface area contributed by atoms with Crippen LogP contribution in [0.1, 0.15) is 13.8 Å². The SMILES string of the molecule is CC(C)N1C=CC=NC1N. The van der Waals surface area contributed by atoms with E-state index in [4.69, 9.17) is 5.73 Å². The van der Waals surface area contributed by atoms with Crippen LogP contribution < -0.4 is 5.73 Å². The Hall–Kier alpha value is -0.830. The Bertz CT molecular complexity index is 160. The van der Waals surface area contributed by atoms with Crippen molar-refractivity contribution in [2.45, 2.75) is 26.2 Å². The second kappa shape index (κ2) is 2.84. The van der Waals surface area contributed by atoms with Crippen LogP contribution in [0.15, 0.2) is 17.3 Å². The van der Waals surface area contributed by atoms with Crippen LogP contribution >= 0.6 is 0 Å². The molecule has 1 aliphatic rings. The number of rotatable bonds is 1. The van der Waals surface area contributed by atoms with E-state index >= 15 is 0 Å². The minimum atomic E-state index is -0.190. The van der Waals surface area contributed by atoms with Gasteiger partial charge >= 0.3 is 0 Å². The molecule has 2 N–H and O–H groups in total. The van der Waals surface area contributed by atoms with Crippen molar-refractivity contribution in [1.29, 1.82) is 0 Å². The smallest absolute Gasteiger partial charge is 0.173 e. The van der Waals surface area contributed by atoms with Crippen molar-refractivity contribution in [2.75, 3.05) is 0 Å². The van der Waals surface area contributed by atoms with Gasteiger partial charge < -0.3 is 4.90 Å². The van der Waals surface area contributed by atoms with Crippen molar-refractivity contribution in [2.24, 2.45) is 10.7 Å². The molecule has 0 saturated heterocycles. The van der Waals surface area contributed by atoms with Crippen LogP contribution in [0.4, 0.5) is 0 Å². The maximum atomic E-state index is 5.66. The number of nitrogens with two attached hydrogens (primary N) is 1. The first kappa shape index (κ1) is 7.28. The third kappa shape index (κ3) is 1.36. The Morgan fingerprint density at radius 1 is 1.60 bits per heavy atom. The van der Waals surface area contributed by atoms with Gasteiger partial charge in [0.05, 0.1) is 0 Å². The number of allylic oxidation sites excluding steroid dienone is 1. The molecule has 3 nitrogen and oxygen atoms in total. The largest absolute Gasteiger partial charge is 0.342 e. The highest BCUT2D eigenvalue weighted by atomic mass is 15.3. The highest BCUT2D eigenvalue weighted by Crippen LogP contribution is 2.05. The Morgan fingerprint density at radius 3 is 2.70 bits per heavy atom. The summed E-state index contributed by atoms with van der Waals surface area (Å²) in [6.45, 7) is 4.18. The summed E-state index contributed by atoms with van der Waals surface area (Å²) in [7, 11) is 0. The number of hydrogen-bond acceptors (Lipinski definition) is 3. The van der Waals surface area contributed by atoms with Gasteiger partial charge in [-0.05, 0) is 19.9 Å². The molecular weight excluding hydrogens is 126 g/mol. The fourth-order valence-electron chi connectivity index (χ4n) is 0.919. The quantitative estimate of drug-likeness (QED) is 0.576. The lowest BCUT2D eigenvalue weighted by molar-refractivity contribution is 0.236. The molecule has 0 amide bonds. The van der Waals surface area contributed by atoms with E-state index in [9.17, 15) is 0 Å². The Kier molecular flexibility index (Phi) is 2.06. The fourth-order valence-corrected chi connectivity index (χ4v) is 0.919. The van der Waals surface area contributed by atoms with Gasteiger partial charge in [-0.3, -0.25) is 10.7 Å². The molecule has 0 aromatic rings. The molecule has 0 aliphatic carbocycles. The maximum absolute atomic E-state index is 5.66. The molecule has 0 fully saturated rings. The summed E-state index contributed by atoms with van der Waals surface area (Å²) in [5, 5.41) is 0. The van der Waals surface area contributed by atoms with Gasteiger partial charge in [0.15, 0.2) is 6.29 Å². The molecule has 56 valence electrons. The molecule has 3 heteroatoms. The van der Waals surface area contributed by atoms with Crippen molar-refractivity contribution in [1.82, 2.24) is 4.90 Å². The van der Waals surface area contributed by atoms with E-state index in [2.05, 4.69) is 18.8 Å². The normalized spacial score (nSPS) is 24.4. The molecule has 0 radical (unpaired) electrons.